The van der Waals surface area contributed by atoms with Gasteiger partial charge in [0.2, 0.25) is 0 Å². The van der Waals surface area contributed by atoms with E-state index in [9.17, 15) is 9.18 Å². The van der Waals surface area contributed by atoms with Crippen molar-refractivity contribution >= 4 is 5.97 Å². The van der Waals surface area contributed by atoms with E-state index in [0.29, 0.717) is 5.56 Å². The first-order valence-corrected chi connectivity index (χ1v) is 4.21. The van der Waals surface area contributed by atoms with Gasteiger partial charge in [0.1, 0.15) is 11.6 Å². The van der Waals surface area contributed by atoms with Crippen molar-refractivity contribution in [2.45, 2.75) is 13.3 Å². The second kappa shape index (κ2) is 4.09. The van der Waals surface area contributed by atoms with E-state index in [1.165, 1.54) is 19.1 Å². The van der Waals surface area contributed by atoms with Crippen molar-refractivity contribution in [1.29, 1.82) is 0 Å². The fourth-order valence-electron chi connectivity index (χ4n) is 1.12. The van der Waals surface area contributed by atoms with Crippen LogP contribution in [0.15, 0.2) is 18.2 Å². The number of hydrogen-bond acceptors (Lipinski definition) is 2. The fraction of sp³-hybridized carbons (Fsp3) is 0.300. The molecule has 4 heteroatoms. The van der Waals surface area contributed by atoms with Crippen molar-refractivity contribution in [2.24, 2.45) is 5.92 Å². The molecular weight excluding hydrogens is 187 g/mol. The summed E-state index contributed by atoms with van der Waals surface area (Å²) in [6, 6.07) is 3.71. The summed E-state index contributed by atoms with van der Waals surface area (Å²) in [6.45, 7) is 1.51. The van der Waals surface area contributed by atoms with Gasteiger partial charge in [-0.3, -0.25) is 4.79 Å². The Morgan fingerprint density at radius 1 is 1.57 bits per heavy atom. The van der Waals surface area contributed by atoms with Crippen LogP contribution in [-0.4, -0.2) is 16.2 Å². The number of aromatic hydroxyl groups is 1. The zero-order chi connectivity index (χ0) is 10.7. The van der Waals surface area contributed by atoms with Gasteiger partial charge in [-0.25, -0.2) is 4.39 Å². The highest BCUT2D eigenvalue weighted by Crippen LogP contribution is 2.18. The van der Waals surface area contributed by atoms with Gasteiger partial charge in [-0.1, -0.05) is 13.0 Å². The molecule has 0 radical (unpaired) electrons. The monoisotopic (exact) mass is 198 g/mol. The number of carboxylic acids is 1. The molecule has 0 aromatic heterocycles. The molecule has 1 rings (SSSR count). The Kier molecular flexibility index (Phi) is 3.06. The first kappa shape index (κ1) is 10.5. The quantitative estimate of drug-likeness (QED) is 0.778. The first-order chi connectivity index (χ1) is 6.50. The van der Waals surface area contributed by atoms with E-state index < -0.39 is 17.7 Å². The minimum absolute atomic E-state index is 0.126. The van der Waals surface area contributed by atoms with Gasteiger partial charge in [0.25, 0.3) is 0 Å². The van der Waals surface area contributed by atoms with Crippen molar-refractivity contribution in [2.75, 3.05) is 0 Å². The van der Waals surface area contributed by atoms with Crippen LogP contribution in [0.2, 0.25) is 0 Å². The summed E-state index contributed by atoms with van der Waals surface area (Å²) >= 11 is 0. The molecule has 0 heterocycles. The molecule has 0 aliphatic heterocycles. The molecule has 1 aromatic rings. The number of phenols is 1. The lowest BCUT2D eigenvalue weighted by Gasteiger charge is -2.07. The van der Waals surface area contributed by atoms with Crippen molar-refractivity contribution in [3.63, 3.8) is 0 Å². The van der Waals surface area contributed by atoms with E-state index in [1.54, 1.807) is 0 Å². The van der Waals surface area contributed by atoms with Crippen molar-refractivity contribution in [1.82, 2.24) is 0 Å². The molecule has 0 aliphatic carbocycles. The molecule has 1 unspecified atom stereocenters. The molecule has 1 aromatic carbocycles. The van der Waals surface area contributed by atoms with Crippen LogP contribution in [-0.2, 0) is 11.2 Å². The van der Waals surface area contributed by atoms with Gasteiger partial charge >= 0.3 is 5.97 Å². The summed E-state index contributed by atoms with van der Waals surface area (Å²) in [5.41, 5.74) is 0.303. The average Bonchev–Trinajstić information content (AvgIpc) is 2.09. The topological polar surface area (TPSA) is 57.5 Å². The number of phenolic OH excluding ortho intramolecular Hbond substituents is 1. The zero-order valence-electron chi connectivity index (χ0n) is 7.70. The Morgan fingerprint density at radius 3 is 2.71 bits per heavy atom. The van der Waals surface area contributed by atoms with Gasteiger partial charge < -0.3 is 10.2 Å². The third kappa shape index (κ3) is 2.45. The maximum Gasteiger partial charge on any atom is 0.306 e. The van der Waals surface area contributed by atoms with Crippen LogP contribution < -0.4 is 0 Å². The fourth-order valence-corrected chi connectivity index (χ4v) is 1.12. The summed E-state index contributed by atoms with van der Waals surface area (Å²) < 4.78 is 13.1. The summed E-state index contributed by atoms with van der Waals surface area (Å²) in [4.78, 5) is 10.5. The molecule has 0 amide bonds. The number of hydrogen-bond donors (Lipinski definition) is 2. The van der Waals surface area contributed by atoms with Crippen LogP contribution in [0.5, 0.6) is 5.75 Å². The normalized spacial score (nSPS) is 12.4. The number of carboxylic acid groups (broad SMARTS) is 1. The predicted octanol–water partition coefficient (Wildman–Crippen LogP) is 1.79. The Bertz CT molecular complexity index is 349. The Balaban J connectivity index is 2.82. The third-order valence-corrected chi connectivity index (χ3v) is 1.98. The minimum Gasteiger partial charge on any atom is -0.508 e. The van der Waals surface area contributed by atoms with E-state index >= 15 is 0 Å². The van der Waals surface area contributed by atoms with Gasteiger partial charge in [-0.15, -0.1) is 0 Å². The standard InChI is InChI=1S/C10H11FO3/c1-6(10(13)14)4-7-2-3-8(12)5-9(7)11/h2-3,5-6,12H,4H2,1H3,(H,13,14). The van der Waals surface area contributed by atoms with Gasteiger partial charge in [0.15, 0.2) is 0 Å². The summed E-state index contributed by atoms with van der Waals surface area (Å²) in [7, 11) is 0. The highest BCUT2D eigenvalue weighted by molar-refractivity contribution is 5.69. The van der Waals surface area contributed by atoms with Crippen LogP contribution >= 0.6 is 0 Å². The maximum absolute atomic E-state index is 13.1. The van der Waals surface area contributed by atoms with Gasteiger partial charge in [0, 0.05) is 6.07 Å². The lowest BCUT2D eigenvalue weighted by atomic mass is 10.0. The molecule has 0 bridgehead atoms. The van der Waals surface area contributed by atoms with Crippen LogP contribution in [0.4, 0.5) is 4.39 Å². The lowest BCUT2D eigenvalue weighted by Crippen LogP contribution is -2.12. The molecule has 0 saturated carbocycles. The summed E-state index contributed by atoms with van der Waals surface area (Å²) in [5, 5.41) is 17.5. The smallest absolute Gasteiger partial charge is 0.306 e. The second-order valence-corrected chi connectivity index (χ2v) is 3.22. The largest absolute Gasteiger partial charge is 0.508 e. The van der Waals surface area contributed by atoms with E-state index in [0.717, 1.165) is 6.07 Å². The third-order valence-electron chi connectivity index (χ3n) is 1.98. The van der Waals surface area contributed by atoms with Crippen molar-refractivity contribution in [3.8, 4) is 5.75 Å². The summed E-state index contributed by atoms with van der Waals surface area (Å²) in [6.07, 6.45) is 0.126. The number of benzene rings is 1. The van der Waals surface area contributed by atoms with Crippen LogP contribution in [0.1, 0.15) is 12.5 Å². The number of rotatable bonds is 3. The molecule has 0 spiro atoms. The average molecular weight is 198 g/mol. The maximum atomic E-state index is 13.1. The molecule has 0 saturated heterocycles. The van der Waals surface area contributed by atoms with Crippen molar-refractivity contribution in [3.05, 3.63) is 29.6 Å². The van der Waals surface area contributed by atoms with Gasteiger partial charge in [0.05, 0.1) is 5.92 Å². The highest BCUT2D eigenvalue weighted by Gasteiger charge is 2.14. The number of halogens is 1. The first-order valence-electron chi connectivity index (χ1n) is 4.21. The Labute approximate surface area is 80.8 Å². The SMILES string of the molecule is CC(Cc1ccc(O)cc1F)C(=O)O. The molecule has 1 atom stereocenters. The zero-order valence-corrected chi connectivity index (χ0v) is 7.70. The molecule has 2 N–H and O–H groups in total. The van der Waals surface area contributed by atoms with Crippen LogP contribution in [0.25, 0.3) is 0 Å². The molecular formula is C10H11FO3. The van der Waals surface area contributed by atoms with Crippen molar-refractivity contribution < 1.29 is 19.4 Å². The number of carbonyl (C=O) groups is 1. The molecule has 0 fully saturated rings. The van der Waals surface area contributed by atoms with E-state index in [-0.39, 0.29) is 12.2 Å². The minimum atomic E-state index is -0.961. The van der Waals surface area contributed by atoms with Crippen LogP contribution in [0, 0.1) is 11.7 Å². The van der Waals surface area contributed by atoms with E-state index in [1.807, 2.05) is 0 Å². The van der Waals surface area contributed by atoms with Gasteiger partial charge in [-0.05, 0) is 18.1 Å². The predicted molar refractivity (Wildman–Crippen MR) is 48.6 cm³/mol. The Hall–Kier alpha value is -1.58. The van der Waals surface area contributed by atoms with E-state index in [4.69, 9.17) is 10.2 Å². The van der Waals surface area contributed by atoms with Gasteiger partial charge in [-0.2, -0.15) is 0 Å². The molecule has 3 nitrogen and oxygen atoms in total. The second-order valence-electron chi connectivity index (χ2n) is 3.22. The molecule has 0 aliphatic rings. The molecule has 76 valence electrons. The lowest BCUT2D eigenvalue weighted by molar-refractivity contribution is -0.141. The van der Waals surface area contributed by atoms with E-state index in [2.05, 4.69) is 0 Å². The Morgan fingerprint density at radius 2 is 2.21 bits per heavy atom. The highest BCUT2D eigenvalue weighted by atomic mass is 19.1. The summed E-state index contributed by atoms with van der Waals surface area (Å²) in [5.74, 6) is -2.32. The number of aliphatic carboxylic acids is 1. The van der Waals surface area contributed by atoms with Crippen LogP contribution in [0.3, 0.4) is 0 Å². The molecule has 14 heavy (non-hydrogen) atoms.